The average Bonchev–Trinajstić information content (AvgIpc) is 2.85. The van der Waals surface area contributed by atoms with Crippen LogP contribution < -0.4 is 10.1 Å². The minimum Gasteiger partial charge on any atom is -0.455 e. The first kappa shape index (κ1) is 23.1. The fourth-order valence-corrected chi connectivity index (χ4v) is 4.44. The number of halogens is 1. The SMILES string of the molecule is O=C(CCC1CCCCC1)Nc1cc(Cl)ccc1Oc1ccc(C(=O)c2ccccc2)cc1. The van der Waals surface area contributed by atoms with Gasteiger partial charge in [0, 0.05) is 22.6 Å². The number of benzene rings is 3. The van der Waals surface area contributed by atoms with E-state index >= 15 is 0 Å². The van der Waals surface area contributed by atoms with E-state index in [9.17, 15) is 9.59 Å². The van der Waals surface area contributed by atoms with Gasteiger partial charge in [-0.1, -0.05) is 74.0 Å². The van der Waals surface area contributed by atoms with Gasteiger partial charge in [0.2, 0.25) is 5.91 Å². The van der Waals surface area contributed by atoms with E-state index in [2.05, 4.69) is 5.32 Å². The van der Waals surface area contributed by atoms with E-state index in [0.717, 1.165) is 6.42 Å². The van der Waals surface area contributed by atoms with Gasteiger partial charge in [-0.15, -0.1) is 0 Å². The summed E-state index contributed by atoms with van der Waals surface area (Å²) in [5.41, 5.74) is 1.77. The number of carbonyl (C=O) groups is 2. The normalized spacial score (nSPS) is 14.0. The van der Waals surface area contributed by atoms with Crippen molar-refractivity contribution in [2.24, 2.45) is 5.92 Å². The van der Waals surface area contributed by atoms with Crippen molar-refractivity contribution in [2.45, 2.75) is 44.9 Å². The van der Waals surface area contributed by atoms with Gasteiger partial charge in [-0.3, -0.25) is 9.59 Å². The van der Waals surface area contributed by atoms with E-state index in [1.807, 2.05) is 18.2 Å². The third kappa shape index (κ3) is 6.45. The number of ether oxygens (including phenoxy) is 1. The molecule has 0 heterocycles. The number of rotatable bonds is 8. The maximum Gasteiger partial charge on any atom is 0.224 e. The molecule has 170 valence electrons. The summed E-state index contributed by atoms with van der Waals surface area (Å²) in [6.45, 7) is 0. The molecule has 1 saturated carbocycles. The van der Waals surface area contributed by atoms with Gasteiger partial charge in [-0.2, -0.15) is 0 Å². The summed E-state index contributed by atoms with van der Waals surface area (Å²) in [7, 11) is 0. The van der Waals surface area contributed by atoms with Crippen molar-refractivity contribution >= 4 is 29.0 Å². The Bertz CT molecular complexity index is 1090. The number of ketones is 1. The minimum atomic E-state index is -0.0421. The van der Waals surface area contributed by atoms with Gasteiger partial charge < -0.3 is 10.1 Å². The highest BCUT2D eigenvalue weighted by Gasteiger charge is 2.16. The van der Waals surface area contributed by atoms with Crippen molar-refractivity contribution in [3.8, 4) is 11.5 Å². The summed E-state index contributed by atoms with van der Waals surface area (Å²) < 4.78 is 6.02. The second-order valence-electron chi connectivity index (χ2n) is 8.55. The van der Waals surface area contributed by atoms with E-state index in [4.69, 9.17) is 16.3 Å². The molecule has 3 aromatic carbocycles. The van der Waals surface area contributed by atoms with Crippen molar-refractivity contribution in [2.75, 3.05) is 5.32 Å². The molecule has 0 aromatic heterocycles. The van der Waals surface area contributed by atoms with E-state index in [-0.39, 0.29) is 11.7 Å². The van der Waals surface area contributed by atoms with Gasteiger partial charge in [-0.05, 0) is 54.8 Å². The smallest absolute Gasteiger partial charge is 0.224 e. The lowest BCUT2D eigenvalue weighted by Gasteiger charge is -2.21. The van der Waals surface area contributed by atoms with Crippen molar-refractivity contribution in [1.82, 2.24) is 0 Å². The van der Waals surface area contributed by atoms with Crippen LogP contribution in [0.4, 0.5) is 5.69 Å². The molecule has 1 fully saturated rings. The molecule has 0 aliphatic heterocycles. The van der Waals surface area contributed by atoms with Crippen LogP contribution in [0, 0.1) is 5.92 Å². The Morgan fingerprint density at radius 1 is 0.879 bits per heavy atom. The quantitative estimate of drug-likeness (QED) is 0.350. The Labute approximate surface area is 199 Å². The molecule has 1 amide bonds. The summed E-state index contributed by atoms with van der Waals surface area (Å²) in [5.74, 6) is 1.65. The molecule has 0 atom stereocenters. The maximum atomic E-state index is 12.6. The summed E-state index contributed by atoms with van der Waals surface area (Å²) in [6, 6.07) is 21.3. The Morgan fingerprint density at radius 2 is 1.58 bits per heavy atom. The molecule has 4 nitrogen and oxygen atoms in total. The van der Waals surface area contributed by atoms with Crippen LogP contribution in [-0.4, -0.2) is 11.7 Å². The lowest BCUT2D eigenvalue weighted by Crippen LogP contribution is -2.15. The van der Waals surface area contributed by atoms with Crippen LogP contribution in [0.5, 0.6) is 11.5 Å². The Morgan fingerprint density at radius 3 is 2.30 bits per heavy atom. The molecule has 0 radical (unpaired) electrons. The second kappa shape index (κ2) is 11.2. The van der Waals surface area contributed by atoms with E-state index in [1.165, 1.54) is 32.1 Å². The molecule has 0 spiro atoms. The molecular formula is C28H28ClNO3. The summed E-state index contributed by atoms with van der Waals surface area (Å²) in [4.78, 5) is 25.2. The highest BCUT2D eigenvalue weighted by molar-refractivity contribution is 6.31. The standard InChI is InChI=1S/C28H28ClNO3/c29-23-14-17-26(25(19-23)30-27(31)18-11-20-7-3-1-4-8-20)33-24-15-12-22(13-16-24)28(32)21-9-5-2-6-10-21/h2,5-6,9-10,12-17,19-20H,1,3-4,7-8,11,18H2,(H,30,31). The minimum absolute atomic E-state index is 0.0310. The van der Waals surface area contributed by atoms with Gasteiger partial charge in [0.25, 0.3) is 0 Å². The number of hydrogen-bond acceptors (Lipinski definition) is 3. The van der Waals surface area contributed by atoms with Crippen molar-refractivity contribution in [1.29, 1.82) is 0 Å². The topological polar surface area (TPSA) is 55.4 Å². The number of amides is 1. The third-order valence-electron chi connectivity index (χ3n) is 6.10. The van der Waals surface area contributed by atoms with Crippen LogP contribution in [0.25, 0.3) is 0 Å². The van der Waals surface area contributed by atoms with Crippen LogP contribution >= 0.6 is 11.6 Å². The molecule has 0 unspecified atom stereocenters. The monoisotopic (exact) mass is 461 g/mol. The number of carbonyl (C=O) groups excluding carboxylic acids is 2. The molecule has 0 bridgehead atoms. The molecule has 3 aromatic rings. The molecule has 5 heteroatoms. The Kier molecular flexibility index (Phi) is 7.79. The average molecular weight is 462 g/mol. The van der Waals surface area contributed by atoms with Crippen LogP contribution in [0.2, 0.25) is 5.02 Å². The fraction of sp³-hybridized carbons (Fsp3) is 0.286. The first-order valence-electron chi connectivity index (χ1n) is 11.6. The highest BCUT2D eigenvalue weighted by atomic mass is 35.5. The Balaban J connectivity index is 1.40. The first-order valence-corrected chi connectivity index (χ1v) is 11.9. The molecule has 33 heavy (non-hydrogen) atoms. The lowest BCUT2D eigenvalue weighted by atomic mass is 9.86. The molecule has 1 aliphatic rings. The van der Waals surface area contributed by atoms with Gasteiger partial charge in [0.1, 0.15) is 5.75 Å². The van der Waals surface area contributed by atoms with Crippen LogP contribution in [-0.2, 0) is 4.79 Å². The lowest BCUT2D eigenvalue weighted by molar-refractivity contribution is -0.116. The van der Waals surface area contributed by atoms with Crippen LogP contribution in [0.1, 0.15) is 60.9 Å². The number of hydrogen-bond donors (Lipinski definition) is 1. The third-order valence-corrected chi connectivity index (χ3v) is 6.34. The molecule has 4 rings (SSSR count). The molecule has 1 aliphatic carbocycles. The zero-order valence-electron chi connectivity index (χ0n) is 18.6. The predicted octanol–water partition coefficient (Wildman–Crippen LogP) is 7.66. The van der Waals surface area contributed by atoms with Gasteiger partial charge >= 0.3 is 0 Å². The summed E-state index contributed by atoms with van der Waals surface area (Å²) in [6.07, 6.45) is 7.71. The van der Waals surface area contributed by atoms with E-state index in [0.29, 0.717) is 45.7 Å². The summed E-state index contributed by atoms with van der Waals surface area (Å²) in [5, 5.41) is 3.48. The van der Waals surface area contributed by atoms with Gasteiger partial charge in [0.05, 0.1) is 5.69 Å². The molecular weight excluding hydrogens is 434 g/mol. The second-order valence-corrected chi connectivity index (χ2v) is 8.99. The highest BCUT2D eigenvalue weighted by Crippen LogP contribution is 2.33. The predicted molar refractivity (Wildman–Crippen MR) is 132 cm³/mol. The van der Waals surface area contributed by atoms with Crippen molar-refractivity contribution in [3.63, 3.8) is 0 Å². The van der Waals surface area contributed by atoms with Crippen LogP contribution in [0.15, 0.2) is 72.8 Å². The number of anilines is 1. The van der Waals surface area contributed by atoms with Crippen molar-refractivity contribution in [3.05, 3.63) is 88.9 Å². The zero-order valence-corrected chi connectivity index (χ0v) is 19.3. The van der Waals surface area contributed by atoms with E-state index < -0.39 is 0 Å². The largest absolute Gasteiger partial charge is 0.455 e. The first-order chi connectivity index (χ1) is 16.1. The van der Waals surface area contributed by atoms with E-state index in [1.54, 1.807) is 54.6 Å². The molecule has 1 N–H and O–H groups in total. The number of nitrogens with one attached hydrogen (secondary N) is 1. The maximum absolute atomic E-state index is 12.6. The Hall–Kier alpha value is -3.11. The van der Waals surface area contributed by atoms with Crippen molar-refractivity contribution < 1.29 is 14.3 Å². The van der Waals surface area contributed by atoms with Gasteiger partial charge in [-0.25, -0.2) is 0 Å². The van der Waals surface area contributed by atoms with Gasteiger partial charge in [0.15, 0.2) is 11.5 Å². The van der Waals surface area contributed by atoms with Crippen LogP contribution in [0.3, 0.4) is 0 Å². The summed E-state index contributed by atoms with van der Waals surface area (Å²) >= 11 is 6.17. The zero-order chi connectivity index (χ0) is 23.0. The fourth-order valence-electron chi connectivity index (χ4n) is 4.27. The molecule has 0 saturated heterocycles.